The lowest BCUT2D eigenvalue weighted by Gasteiger charge is -2.29. The fourth-order valence-electron chi connectivity index (χ4n) is 8.06. The third-order valence-electron chi connectivity index (χ3n) is 10.8. The van der Waals surface area contributed by atoms with Crippen molar-refractivity contribution in [3.05, 3.63) is 173 Å². The molecule has 268 valence electrons. The highest BCUT2D eigenvalue weighted by Gasteiger charge is 2.36. The van der Waals surface area contributed by atoms with Gasteiger partial charge in [-0.25, -0.2) is 0 Å². The Balaban J connectivity index is 1.000. The van der Waals surface area contributed by atoms with Crippen molar-refractivity contribution >= 4 is 45.2 Å². The topological polar surface area (TPSA) is 114 Å². The number of hydrogen-bond acceptors (Lipinski definition) is 6. The van der Waals surface area contributed by atoms with Crippen molar-refractivity contribution < 1.29 is 19.2 Å². The molecule has 0 saturated heterocycles. The molecule has 1 aromatic heterocycles. The van der Waals surface area contributed by atoms with E-state index in [4.69, 9.17) is 10.7 Å². The van der Waals surface area contributed by atoms with Crippen molar-refractivity contribution in [1.29, 1.82) is 0 Å². The molecular weight excluding hydrogens is 685 g/mol. The molecular formula is C47H36N4O4. The van der Waals surface area contributed by atoms with Gasteiger partial charge in [-0.3, -0.25) is 34.0 Å². The van der Waals surface area contributed by atoms with Crippen molar-refractivity contribution in [2.24, 2.45) is 5.73 Å². The van der Waals surface area contributed by atoms with Crippen LogP contribution in [0.1, 0.15) is 58.1 Å². The Kier molecular flexibility index (Phi) is 8.60. The zero-order valence-electron chi connectivity index (χ0n) is 30.0. The maximum absolute atomic E-state index is 14.0. The van der Waals surface area contributed by atoms with E-state index >= 15 is 0 Å². The lowest BCUT2D eigenvalue weighted by atomic mass is 9.87. The van der Waals surface area contributed by atoms with Gasteiger partial charge >= 0.3 is 0 Å². The average Bonchev–Trinajstić information content (AvgIpc) is 3.22. The smallest absolute Gasteiger partial charge is 0.262 e. The summed E-state index contributed by atoms with van der Waals surface area (Å²) in [6.45, 7) is 1.09. The van der Waals surface area contributed by atoms with E-state index < -0.39 is 0 Å². The molecule has 0 saturated carbocycles. The Morgan fingerprint density at radius 3 is 1.67 bits per heavy atom. The second kappa shape index (κ2) is 13.9. The molecule has 6 aromatic carbocycles. The summed E-state index contributed by atoms with van der Waals surface area (Å²) in [5.41, 5.74) is 14.2. The molecule has 7 aromatic rings. The van der Waals surface area contributed by atoms with Crippen LogP contribution in [0, 0.1) is 0 Å². The Morgan fingerprint density at radius 1 is 0.455 bits per heavy atom. The number of aromatic nitrogens is 1. The largest absolute Gasteiger partial charge is 0.330 e. The fraction of sp³-hybridized carbons (Fsp3) is 0.128. The number of carbonyl (C=O) groups is 4. The van der Waals surface area contributed by atoms with Gasteiger partial charge in [0, 0.05) is 57.7 Å². The number of hydrogen-bond donors (Lipinski definition) is 1. The zero-order valence-corrected chi connectivity index (χ0v) is 30.0. The third-order valence-corrected chi connectivity index (χ3v) is 10.8. The lowest BCUT2D eigenvalue weighted by Crippen LogP contribution is -2.41. The summed E-state index contributed by atoms with van der Waals surface area (Å²) in [6.07, 6.45) is 3.43. The predicted octanol–water partition coefficient (Wildman–Crippen LogP) is 7.90. The van der Waals surface area contributed by atoms with Gasteiger partial charge in [0.25, 0.3) is 23.6 Å². The van der Waals surface area contributed by atoms with Gasteiger partial charge in [-0.05, 0) is 77.2 Å². The lowest BCUT2D eigenvalue weighted by molar-refractivity contribution is 0.0596. The zero-order chi connectivity index (χ0) is 37.6. The van der Waals surface area contributed by atoms with E-state index in [2.05, 4.69) is 30.3 Å². The molecule has 8 heteroatoms. The van der Waals surface area contributed by atoms with Gasteiger partial charge < -0.3 is 5.73 Å². The molecule has 8 nitrogen and oxygen atoms in total. The SMILES string of the molecule is NCCc1cccc(-c2ccc(CCN3C(=O)c4cccc5c(-c6ncc7c8c(cccc68)C(=O)N(CCc6ccccc6)C7=O)ccc(c45)C3=O)cc2)c1. The minimum atomic E-state index is -0.374. The summed E-state index contributed by atoms with van der Waals surface area (Å²) in [5, 5.41) is 2.50. The third kappa shape index (κ3) is 5.88. The van der Waals surface area contributed by atoms with Gasteiger partial charge in [-0.2, -0.15) is 0 Å². The van der Waals surface area contributed by atoms with Crippen LogP contribution >= 0.6 is 0 Å². The number of imide groups is 2. The molecule has 0 radical (unpaired) electrons. The second-order valence-corrected chi connectivity index (χ2v) is 14.1. The van der Waals surface area contributed by atoms with Crippen LogP contribution in [-0.2, 0) is 19.3 Å². The first-order valence-electron chi connectivity index (χ1n) is 18.5. The molecule has 0 spiro atoms. The quantitative estimate of drug-likeness (QED) is 0.144. The van der Waals surface area contributed by atoms with Gasteiger partial charge in [-0.1, -0.05) is 109 Å². The predicted molar refractivity (Wildman–Crippen MR) is 214 cm³/mol. The van der Waals surface area contributed by atoms with Crippen molar-refractivity contribution in [3.8, 4) is 22.4 Å². The van der Waals surface area contributed by atoms with Crippen LogP contribution in [0.2, 0.25) is 0 Å². The number of amides is 4. The highest BCUT2D eigenvalue weighted by molar-refractivity contribution is 6.29. The number of nitrogens with zero attached hydrogens (tertiary/aromatic N) is 3. The van der Waals surface area contributed by atoms with Crippen LogP contribution in [0.4, 0.5) is 0 Å². The number of benzene rings is 6. The Hall–Kier alpha value is -6.77. The molecule has 2 N–H and O–H groups in total. The van der Waals surface area contributed by atoms with Crippen molar-refractivity contribution in [2.75, 3.05) is 19.6 Å². The maximum atomic E-state index is 14.0. The van der Waals surface area contributed by atoms with E-state index in [9.17, 15) is 19.2 Å². The highest BCUT2D eigenvalue weighted by atomic mass is 16.2. The van der Waals surface area contributed by atoms with E-state index in [1.165, 1.54) is 15.4 Å². The van der Waals surface area contributed by atoms with Crippen LogP contribution in [0.25, 0.3) is 43.9 Å². The normalized spacial score (nSPS) is 13.7. The van der Waals surface area contributed by atoms with E-state index in [0.717, 1.165) is 28.7 Å². The first-order chi connectivity index (χ1) is 26.9. The molecule has 0 aliphatic carbocycles. The Bertz CT molecular complexity index is 2660. The Morgan fingerprint density at radius 2 is 1.00 bits per heavy atom. The van der Waals surface area contributed by atoms with Crippen LogP contribution in [0.3, 0.4) is 0 Å². The number of carbonyl (C=O) groups excluding carboxylic acids is 4. The summed E-state index contributed by atoms with van der Waals surface area (Å²) in [7, 11) is 0. The second-order valence-electron chi connectivity index (χ2n) is 14.1. The molecule has 0 atom stereocenters. The van der Waals surface area contributed by atoms with Gasteiger partial charge in [-0.15, -0.1) is 0 Å². The summed E-state index contributed by atoms with van der Waals surface area (Å²) in [6, 6.07) is 40.8. The van der Waals surface area contributed by atoms with E-state index in [-0.39, 0.29) is 36.7 Å². The van der Waals surface area contributed by atoms with Crippen molar-refractivity contribution in [2.45, 2.75) is 19.3 Å². The van der Waals surface area contributed by atoms with Crippen molar-refractivity contribution in [3.63, 3.8) is 0 Å². The average molecular weight is 721 g/mol. The van der Waals surface area contributed by atoms with Gasteiger partial charge in [0.15, 0.2) is 0 Å². The molecule has 2 aliphatic rings. The molecule has 3 heterocycles. The molecule has 9 rings (SSSR count). The van der Waals surface area contributed by atoms with Crippen LogP contribution in [0.15, 0.2) is 134 Å². The molecule has 0 unspecified atom stereocenters. The molecule has 2 aliphatic heterocycles. The highest BCUT2D eigenvalue weighted by Crippen LogP contribution is 2.40. The molecule has 55 heavy (non-hydrogen) atoms. The monoisotopic (exact) mass is 720 g/mol. The maximum Gasteiger partial charge on any atom is 0.262 e. The molecule has 0 fully saturated rings. The Labute approximate surface area is 317 Å². The minimum absolute atomic E-state index is 0.238. The van der Waals surface area contributed by atoms with Crippen LogP contribution in [0.5, 0.6) is 0 Å². The summed E-state index contributed by atoms with van der Waals surface area (Å²) in [5.74, 6) is -1.40. The minimum Gasteiger partial charge on any atom is -0.330 e. The fourth-order valence-corrected chi connectivity index (χ4v) is 8.06. The summed E-state index contributed by atoms with van der Waals surface area (Å²) in [4.78, 5) is 63.0. The molecule has 0 bridgehead atoms. The number of pyridine rings is 1. The van der Waals surface area contributed by atoms with Gasteiger partial charge in [0.2, 0.25) is 0 Å². The summed E-state index contributed by atoms with van der Waals surface area (Å²) >= 11 is 0. The number of nitrogens with two attached hydrogens (primary N) is 1. The first-order valence-corrected chi connectivity index (χ1v) is 18.5. The molecule has 4 amide bonds. The first kappa shape index (κ1) is 34.0. The number of rotatable bonds is 10. The summed E-state index contributed by atoms with van der Waals surface area (Å²) < 4.78 is 0. The van der Waals surface area contributed by atoms with Crippen LogP contribution in [-0.4, -0.2) is 58.0 Å². The van der Waals surface area contributed by atoms with Gasteiger partial charge in [0.05, 0.1) is 11.3 Å². The van der Waals surface area contributed by atoms with E-state index in [0.29, 0.717) is 74.4 Å². The van der Waals surface area contributed by atoms with Crippen molar-refractivity contribution in [1.82, 2.24) is 14.8 Å². The van der Waals surface area contributed by atoms with E-state index in [1.807, 2.05) is 72.8 Å². The van der Waals surface area contributed by atoms with E-state index in [1.54, 1.807) is 30.5 Å². The van der Waals surface area contributed by atoms with Gasteiger partial charge in [0.1, 0.15) is 0 Å². The van der Waals surface area contributed by atoms with Crippen LogP contribution < -0.4 is 5.73 Å². The standard InChI is InChI=1S/C47H36N4O4/c48-24-21-31-9-4-10-33(27-31)32-17-15-30(16-18-32)23-26-50-44(52)37-13-5-11-34-35(19-20-39(41(34)37)46(50)54)43-36-12-6-14-38-42(36)40(28-49-43)47(55)51(45(38)53)25-22-29-7-2-1-3-8-29/h1-20,27-28H,21-26,48H2.